The third-order valence-corrected chi connectivity index (χ3v) is 11.8. The number of fused-ring (bicyclic) bond motifs is 12. The molecule has 272 valence electrons. The van der Waals surface area contributed by atoms with Crippen molar-refractivity contribution < 1.29 is 9.15 Å². The van der Waals surface area contributed by atoms with Gasteiger partial charge < -0.3 is 18.3 Å². The van der Waals surface area contributed by atoms with Crippen molar-refractivity contribution in [2.75, 3.05) is 0 Å². The van der Waals surface area contributed by atoms with E-state index in [1.54, 1.807) is 0 Å². The van der Waals surface area contributed by atoms with E-state index >= 15 is 0 Å². The van der Waals surface area contributed by atoms with Crippen LogP contribution in [0, 0.1) is 0 Å². The van der Waals surface area contributed by atoms with Crippen LogP contribution in [-0.4, -0.2) is 35.2 Å². The van der Waals surface area contributed by atoms with E-state index in [1.807, 2.05) is 49.1 Å². The van der Waals surface area contributed by atoms with E-state index in [2.05, 4.69) is 124 Å². The van der Waals surface area contributed by atoms with Gasteiger partial charge in [0.15, 0.2) is 0 Å². The molecule has 8 heteroatoms. The highest BCUT2D eigenvalue weighted by Gasteiger charge is 2.32. The molecular weight excluding hydrogens is 717 g/mol. The Hall–Kier alpha value is -7.84. The number of rotatable bonds is 4. The predicted octanol–water partition coefficient (Wildman–Crippen LogP) is 11.7. The van der Waals surface area contributed by atoms with Crippen molar-refractivity contribution >= 4 is 77.2 Å². The molecule has 4 aromatic carbocycles. The number of aromatic nitrogens is 6. The largest absolute Gasteiger partial charge is 0.485 e. The van der Waals surface area contributed by atoms with Crippen molar-refractivity contribution in [1.29, 1.82) is 0 Å². The first-order valence-electron chi connectivity index (χ1n) is 19.5. The Bertz CT molecular complexity index is 3500. The highest BCUT2D eigenvalue weighted by atomic mass is 16.5. The molecule has 7 aromatic heterocycles. The monoisotopic (exact) mass is 746 g/mol. The zero-order valence-corrected chi connectivity index (χ0v) is 30.9. The van der Waals surface area contributed by atoms with Crippen molar-refractivity contribution in [3.05, 3.63) is 175 Å². The number of nitrogens with zero attached hydrogens (tertiary/aromatic N) is 6. The van der Waals surface area contributed by atoms with Crippen molar-refractivity contribution in [2.45, 2.75) is 12.5 Å². The van der Waals surface area contributed by atoms with Crippen LogP contribution in [0.3, 0.4) is 0 Å². The minimum absolute atomic E-state index is 0.0356. The fourth-order valence-corrected chi connectivity index (χ4v) is 9.28. The summed E-state index contributed by atoms with van der Waals surface area (Å²) in [5.74, 6) is 0.907. The minimum Gasteiger partial charge on any atom is -0.485 e. The second kappa shape index (κ2) is 11.8. The molecule has 0 radical (unpaired) electrons. The first-order valence-corrected chi connectivity index (χ1v) is 19.5. The average molecular weight is 747 g/mol. The fourth-order valence-electron chi connectivity index (χ4n) is 9.28. The molecule has 1 atom stereocenters. The average Bonchev–Trinajstić information content (AvgIpc) is 4.03. The van der Waals surface area contributed by atoms with Crippen LogP contribution in [0.4, 0.5) is 0 Å². The van der Waals surface area contributed by atoms with E-state index < -0.39 is 0 Å². The van der Waals surface area contributed by atoms with Crippen LogP contribution < -0.4 is 4.74 Å². The maximum Gasteiger partial charge on any atom is 0.135 e. The molecule has 8 nitrogen and oxygen atoms in total. The number of ether oxygens (including phenoxy) is 1. The number of hydrogen-bond donors (Lipinski definition) is 0. The van der Waals surface area contributed by atoms with Gasteiger partial charge in [-0.3, -0.25) is 19.9 Å². The molecule has 8 heterocycles. The number of furan rings is 1. The van der Waals surface area contributed by atoms with Crippen LogP contribution >= 0.6 is 0 Å². The molecule has 0 N–H and O–H groups in total. The Morgan fingerprint density at radius 1 is 0.500 bits per heavy atom. The maximum absolute atomic E-state index is 6.56. The number of hydrogen-bond acceptors (Lipinski definition) is 6. The minimum atomic E-state index is -0.0356. The molecule has 13 rings (SSSR count). The molecule has 0 spiro atoms. The molecule has 0 saturated carbocycles. The molecule has 1 aliphatic heterocycles. The summed E-state index contributed by atoms with van der Waals surface area (Å²) in [4.78, 5) is 18.8. The molecule has 0 fully saturated rings. The number of benzene rings is 4. The van der Waals surface area contributed by atoms with Gasteiger partial charge in [-0.1, -0.05) is 36.4 Å². The maximum atomic E-state index is 6.56. The quantitative estimate of drug-likeness (QED) is 0.178. The summed E-state index contributed by atoms with van der Waals surface area (Å²) in [5.41, 5.74) is 18.4. The topological polar surface area (TPSA) is 83.8 Å². The molecule has 1 aliphatic carbocycles. The van der Waals surface area contributed by atoms with E-state index in [0.29, 0.717) is 0 Å². The third kappa shape index (κ3) is 4.45. The van der Waals surface area contributed by atoms with Gasteiger partial charge >= 0.3 is 0 Å². The van der Waals surface area contributed by atoms with Crippen LogP contribution in [0.15, 0.2) is 169 Å². The number of pyridine rings is 4. The molecule has 0 saturated heterocycles. The summed E-state index contributed by atoms with van der Waals surface area (Å²) in [6, 6.07) is 44.5. The van der Waals surface area contributed by atoms with Gasteiger partial charge in [0.1, 0.15) is 45.1 Å². The van der Waals surface area contributed by atoms with Crippen LogP contribution in [0.25, 0.3) is 99.7 Å². The highest BCUT2D eigenvalue weighted by Crippen LogP contribution is 2.46. The van der Waals surface area contributed by atoms with Crippen LogP contribution in [0.2, 0.25) is 0 Å². The lowest BCUT2D eigenvalue weighted by atomic mass is 9.86. The standard InChI is InChI=1S/C50H30N6O2/c1-2-8-34(30-14-18-44-36(26-30)38-28-32(16-20-46(38)58-44)56-41-11-5-23-53-49(41)50-42(56)12-6-24-54-50)33(7-1)29-13-17-43-35(25-29)37-27-31(15-19-45(37)57-43)55-39-9-3-21-51-47(39)48-40(55)10-4-22-52-48/h1-17,19-28,44H,18H2. The van der Waals surface area contributed by atoms with Crippen LogP contribution in [0.5, 0.6) is 5.75 Å². The smallest absolute Gasteiger partial charge is 0.135 e. The molecule has 0 amide bonds. The van der Waals surface area contributed by atoms with E-state index in [4.69, 9.17) is 29.1 Å². The summed E-state index contributed by atoms with van der Waals surface area (Å²) in [7, 11) is 0. The lowest BCUT2D eigenvalue weighted by Crippen LogP contribution is -2.13. The Kier molecular flexibility index (Phi) is 6.40. The second-order valence-corrected chi connectivity index (χ2v) is 15.0. The van der Waals surface area contributed by atoms with E-state index in [9.17, 15) is 0 Å². The lowest BCUT2D eigenvalue weighted by molar-refractivity contribution is 0.279. The van der Waals surface area contributed by atoms with E-state index in [0.717, 1.165) is 106 Å². The van der Waals surface area contributed by atoms with Gasteiger partial charge in [0.05, 0.1) is 22.1 Å². The first kappa shape index (κ1) is 31.4. The normalized spacial score (nSPS) is 15.0. The summed E-state index contributed by atoms with van der Waals surface area (Å²) in [6.07, 6.45) is 12.7. The summed E-state index contributed by atoms with van der Waals surface area (Å²) < 4.78 is 17.5. The van der Waals surface area contributed by atoms with E-state index in [-0.39, 0.29) is 6.10 Å². The molecular formula is C50H30N6O2. The Balaban J connectivity index is 0.911. The highest BCUT2D eigenvalue weighted by molar-refractivity contribution is 6.09. The molecule has 0 bridgehead atoms. The van der Waals surface area contributed by atoms with Gasteiger partial charge in [-0.05, 0) is 125 Å². The SMILES string of the molecule is C1=C(c2ccccc2-c2ccc3oc4ccc(-n5c6cccnc6c6ncccc65)cc4c3c2)C=C2c3cc(-n4c5cccnc5c5ncccc54)ccc3OC2C1. The lowest BCUT2D eigenvalue weighted by Gasteiger charge is -2.19. The van der Waals surface area contributed by atoms with E-state index in [1.165, 1.54) is 16.7 Å². The second-order valence-electron chi connectivity index (χ2n) is 15.0. The van der Waals surface area contributed by atoms with Crippen LogP contribution in [0.1, 0.15) is 17.5 Å². The zero-order chi connectivity index (χ0) is 37.9. The third-order valence-electron chi connectivity index (χ3n) is 11.8. The van der Waals surface area contributed by atoms with Crippen molar-refractivity contribution in [2.24, 2.45) is 0 Å². The molecule has 2 aliphatic rings. The Labute approximate surface area is 330 Å². The van der Waals surface area contributed by atoms with Gasteiger partial charge in [0, 0.05) is 64.5 Å². The molecule has 1 unspecified atom stereocenters. The van der Waals surface area contributed by atoms with Gasteiger partial charge in [-0.25, -0.2) is 0 Å². The Morgan fingerprint density at radius 2 is 1.05 bits per heavy atom. The molecule has 11 aromatic rings. The summed E-state index contributed by atoms with van der Waals surface area (Å²) in [5, 5.41) is 2.13. The van der Waals surface area contributed by atoms with Gasteiger partial charge in [-0.2, -0.15) is 0 Å². The molecule has 58 heavy (non-hydrogen) atoms. The predicted molar refractivity (Wildman–Crippen MR) is 230 cm³/mol. The number of allylic oxidation sites excluding steroid dienone is 2. The van der Waals surface area contributed by atoms with Crippen LogP contribution in [-0.2, 0) is 0 Å². The van der Waals surface area contributed by atoms with Gasteiger partial charge in [0.2, 0.25) is 0 Å². The zero-order valence-electron chi connectivity index (χ0n) is 30.9. The summed E-state index contributed by atoms with van der Waals surface area (Å²) >= 11 is 0. The fraction of sp³-hybridized carbons (Fsp3) is 0.0400. The summed E-state index contributed by atoms with van der Waals surface area (Å²) in [6.45, 7) is 0. The van der Waals surface area contributed by atoms with Crippen molar-refractivity contribution in [1.82, 2.24) is 29.1 Å². The van der Waals surface area contributed by atoms with Gasteiger partial charge in [0.25, 0.3) is 0 Å². The first-order chi connectivity index (χ1) is 28.7. The Morgan fingerprint density at radius 3 is 1.69 bits per heavy atom. The van der Waals surface area contributed by atoms with Gasteiger partial charge in [-0.15, -0.1) is 0 Å². The van der Waals surface area contributed by atoms with Crippen molar-refractivity contribution in [3.8, 4) is 28.3 Å². The van der Waals surface area contributed by atoms with Crippen molar-refractivity contribution in [3.63, 3.8) is 0 Å².